The highest BCUT2D eigenvalue weighted by molar-refractivity contribution is 7.09. The Morgan fingerprint density at radius 1 is 1.39 bits per heavy atom. The molecular weight excluding hydrogens is 252 g/mol. The normalized spacial score (nSPS) is 16.4. The van der Waals surface area contributed by atoms with Crippen LogP contribution in [0.1, 0.15) is 47.6 Å². The van der Waals surface area contributed by atoms with E-state index in [0.29, 0.717) is 11.6 Å². The van der Waals surface area contributed by atoms with E-state index in [1.54, 1.807) is 0 Å². The number of hydrogen-bond acceptors (Lipinski definition) is 4. The van der Waals surface area contributed by atoms with Crippen LogP contribution < -0.4 is 5.32 Å². The van der Waals surface area contributed by atoms with E-state index in [9.17, 15) is 9.59 Å². The molecule has 1 aliphatic carbocycles. The number of aromatic carboxylic acids is 1. The fraction of sp³-hybridized carbons (Fsp3) is 0.583. The molecule has 0 unspecified atom stereocenters. The van der Waals surface area contributed by atoms with E-state index in [0.717, 1.165) is 25.7 Å². The van der Waals surface area contributed by atoms with Gasteiger partial charge in [-0.1, -0.05) is 19.3 Å². The molecule has 0 atom stereocenters. The van der Waals surface area contributed by atoms with Gasteiger partial charge in [-0.15, -0.1) is 11.3 Å². The van der Waals surface area contributed by atoms with E-state index >= 15 is 0 Å². The second-order valence-corrected chi connectivity index (χ2v) is 5.43. The molecule has 1 fully saturated rings. The number of nitrogens with zero attached hydrogens (tertiary/aromatic N) is 1. The second kappa shape index (κ2) is 5.95. The van der Waals surface area contributed by atoms with Gasteiger partial charge in [-0.3, -0.25) is 4.79 Å². The number of carbonyl (C=O) groups excluding carboxylic acids is 1. The maximum atomic E-state index is 11.9. The molecule has 6 heteroatoms. The lowest BCUT2D eigenvalue weighted by molar-refractivity contribution is -0.126. The molecule has 0 bridgehead atoms. The van der Waals surface area contributed by atoms with Gasteiger partial charge in [0.25, 0.3) is 0 Å². The molecule has 1 heterocycles. The van der Waals surface area contributed by atoms with Crippen molar-refractivity contribution in [3.05, 3.63) is 16.1 Å². The van der Waals surface area contributed by atoms with E-state index in [1.165, 1.54) is 23.1 Å². The van der Waals surface area contributed by atoms with Crippen LogP contribution in [0.2, 0.25) is 0 Å². The molecule has 0 aromatic carbocycles. The Bertz CT molecular complexity index is 438. The van der Waals surface area contributed by atoms with Crippen molar-refractivity contribution in [2.45, 2.75) is 38.6 Å². The van der Waals surface area contributed by atoms with Crippen LogP contribution >= 0.6 is 11.3 Å². The highest BCUT2D eigenvalue weighted by Crippen LogP contribution is 2.23. The minimum absolute atomic E-state index is 0.0434. The van der Waals surface area contributed by atoms with Crippen LogP contribution in [0.3, 0.4) is 0 Å². The Hall–Kier alpha value is -1.43. The SMILES string of the molecule is O=C(O)c1csc(CNC(=O)C2CCCCC2)n1. The molecule has 0 radical (unpaired) electrons. The highest BCUT2D eigenvalue weighted by Gasteiger charge is 2.21. The third-order valence-corrected chi connectivity index (χ3v) is 4.01. The molecule has 1 aliphatic rings. The lowest BCUT2D eigenvalue weighted by atomic mass is 9.89. The van der Waals surface area contributed by atoms with E-state index in [-0.39, 0.29) is 17.5 Å². The molecule has 2 rings (SSSR count). The first kappa shape index (κ1) is 13.0. The molecule has 18 heavy (non-hydrogen) atoms. The quantitative estimate of drug-likeness (QED) is 0.875. The summed E-state index contributed by atoms with van der Waals surface area (Å²) in [5.74, 6) is -0.837. The first-order valence-electron chi connectivity index (χ1n) is 6.12. The first-order chi connectivity index (χ1) is 8.66. The van der Waals surface area contributed by atoms with Gasteiger partial charge in [-0.25, -0.2) is 9.78 Å². The van der Waals surface area contributed by atoms with Gasteiger partial charge >= 0.3 is 5.97 Å². The molecule has 2 N–H and O–H groups in total. The van der Waals surface area contributed by atoms with Crippen molar-refractivity contribution in [3.8, 4) is 0 Å². The second-order valence-electron chi connectivity index (χ2n) is 4.48. The number of carboxylic acids is 1. The third-order valence-electron chi connectivity index (χ3n) is 3.16. The van der Waals surface area contributed by atoms with Crippen LogP contribution in [0.5, 0.6) is 0 Å². The summed E-state index contributed by atoms with van der Waals surface area (Å²) in [7, 11) is 0. The molecule has 0 saturated heterocycles. The number of rotatable bonds is 4. The van der Waals surface area contributed by atoms with Crippen molar-refractivity contribution in [2.75, 3.05) is 0 Å². The number of hydrogen-bond donors (Lipinski definition) is 2. The van der Waals surface area contributed by atoms with Crippen molar-refractivity contribution in [1.29, 1.82) is 0 Å². The van der Waals surface area contributed by atoms with Crippen LogP contribution in [-0.2, 0) is 11.3 Å². The largest absolute Gasteiger partial charge is 0.476 e. The maximum absolute atomic E-state index is 11.9. The van der Waals surface area contributed by atoms with Crippen molar-refractivity contribution in [2.24, 2.45) is 5.92 Å². The molecule has 1 aromatic rings. The van der Waals surface area contributed by atoms with Gasteiger partial charge in [0.1, 0.15) is 5.01 Å². The average molecular weight is 268 g/mol. The maximum Gasteiger partial charge on any atom is 0.355 e. The van der Waals surface area contributed by atoms with Gasteiger partial charge in [-0.2, -0.15) is 0 Å². The first-order valence-corrected chi connectivity index (χ1v) is 7.00. The zero-order valence-corrected chi connectivity index (χ0v) is 10.8. The van der Waals surface area contributed by atoms with Crippen LogP contribution in [0.25, 0.3) is 0 Å². The number of carboxylic acid groups (broad SMARTS) is 1. The fourth-order valence-electron chi connectivity index (χ4n) is 2.16. The summed E-state index contributed by atoms with van der Waals surface area (Å²) in [6.07, 6.45) is 5.39. The minimum atomic E-state index is -1.03. The zero-order chi connectivity index (χ0) is 13.0. The summed E-state index contributed by atoms with van der Waals surface area (Å²) in [4.78, 5) is 26.4. The van der Waals surface area contributed by atoms with Gasteiger partial charge in [0, 0.05) is 11.3 Å². The predicted molar refractivity (Wildman–Crippen MR) is 67.5 cm³/mol. The Morgan fingerprint density at radius 3 is 2.72 bits per heavy atom. The number of aromatic nitrogens is 1. The van der Waals surface area contributed by atoms with E-state index in [4.69, 9.17) is 5.11 Å². The van der Waals surface area contributed by atoms with Crippen molar-refractivity contribution >= 4 is 23.2 Å². The Balaban J connectivity index is 1.82. The van der Waals surface area contributed by atoms with Gasteiger partial charge in [0.2, 0.25) is 5.91 Å². The van der Waals surface area contributed by atoms with Crippen LogP contribution in [0.15, 0.2) is 5.38 Å². The topological polar surface area (TPSA) is 79.3 Å². The zero-order valence-electron chi connectivity index (χ0n) is 10.0. The monoisotopic (exact) mass is 268 g/mol. The van der Waals surface area contributed by atoms with Crippen LogP contribution in [-0.4, -0.2) is 22.0 Å². The molecule has 98 valence electrons. The molecule has 5 nitrogen and oxygen atoms in total. The number of thiazole rings is 1. The van der Waals surface area contributed by atoms with E-state index < -0.39 is 5.97 Å². The molecular formula is C12H16N2O3S. The Morgan fingerprint density at radius 2 is 2.11 bits per heavy atom. The van der Waals surface area contributed by atoms with Gasteiger partial charge in [0.15, 0.2) is 5.69 Å². The lowest BCUT2D eigenvalue weighted by Crippen LogP contribution is -2.31. The average Bonchev–Trinajstić information content (AvgIpc) is 2.86. The van der Waals surface area contributed by atoms with Gasteiger partial charge in [0.05, 0.1) is 6.54 Å². The smallest absolute Gasteiger partial charge is 0.355 e. The Kier molecular flexibility index (Phi) is 4.30. The lowest BCUT2D eigenvalue weighted by Gasteiger charge is -2.20. The summed E-state index contributed by atoms with van der Waals surface area (Å²) in [6.45, 7) is 0.327. The standard InChI is InChI=1S/C12H16N2O3S/c15-11(8-4-2-1-3-5-8)13-6-10-14-9(7-18-10)12(16)17/h7-8H,1-6H2,(H,13,15)(H,16,17). The van der Waals surface area contributed by atoms with E-state index in [2.05, 4.69) is 10.3 Å². The summed E-state index contributed by atoms with van der Waals surface area (Å²) in [5.41, 5.74) is 0.0434. The van der Waals surface area contributed by atoms with Crippen molar-refractivity contribution < 1.29 is 14.7 Å². The van der Waals surface area contributed by atoms with Crippen molar-refractivity contribution in [3.63, 3.8) is 0 Å². The summed E-state index contributed by atoms with van der Waals surface area (Å²) in [5, 5.41) is 13.7. The minimum Gasteiger partial charge on any atom is -0.476 e. The number of nitrogens with one attached hydrogen (secondary N) is 1. The van der Waals surface area contributed by atoms with Crippen LogP contribution in [0, 0.1) is 5.92 Å². The van der Waals surface area contributed by atoms with Gasteiger partial charge < -0.3 is 10.4 Å². The predicted octanol–water partition coefficient (Wildman–Crippen LogP) is 2.04. The van der Waals surface area contributed by atoms with Gasteiger partial charge in [-0.05, 0) is 12.8 Å². The molecule has 1 aromatic heterocycles. The number of carbonyl (C=O) groups is 2. The Labute approximate surface area is 109 Å². The molecule has 0 aliphatic heterocycles. The summed E-state index contributed by atoms with van der Waals surface area (Å²) in [6, 6.07) is 0. The third kappa shape index (κ3) is 3.29. The van der Waals surface area contributed by atoms with E-state index in [1.807, 2.05) is 0 Å². The molecule has 0 spiro atoms. The van der Waals surface area contributed by atoms with Crippen molar-refractivity contribution in [1.82, 2.24) is 10.3 Å². The fourth-order valence-corrected chi connectivity index (χ4v) is 2.87. The summed E-state index contributed by atoms with van der Waals surface area (Å²) >= 11 is 1.26. The number of amides is 1. The molecule has 1 saturated carbocycles. The molecule has 1 amide bonds. The summed E-state index contributed by atoms with van der Waals surface area (Å²) < 4.78 is 0. The van der Waals surface area contributed by atoms with Crippen LogP contribution in [0.4, 0.5) is 0 Å². The highest BCUT2D eigenvalue weighted by atomic mass is 32.1.